The second-order valence-electron chi connectivity index (χ2n) is 2.54. The molecule has 1 aromatic rings. The van der Waals surface area contributed by atoms with E-state index >= 15 is 0 Å². The molecule has 0 atom stereocenters. The van der Waals surface area contributed by atoms with E-state index in [1.807, 2.05) is 12.1 Å². The Morgan fingerprint density at radius 1 is 1.54 bits per heavy atom. The van der Waals surface area contributed by atoms with Crippen LogP contribution in [0.5, 0.6) is 0 Å². The van der Waals surface area contributed by atoms with E-state index in [1.165, 1.54) is 0 Å². The molecule has 4 heteroatoms. The number of hydrogen-bond donors (Lipinski definition) is 1. The summed E-state index contributed by atoms with van der Waals surface area (Å²) in [6.45, 7) is 0.452. The summed E-state index contributed by atoms with van der Waals surface area (Å²) < 4.78 is 0.976. The molecule has 0 spiro atoms. The molecule has 2 N–H and O–H groups in total. The van der Waals surface area contributed by atoms with Gasteiger partial charge in [0.2, 0.25) is 0 Å². The smallest absolute Gasteiger partial charge is 0.0991 e. The van der Waals surface area contributed by atoms with Gasteiger partial charge in [0.25, 0.3) is 0 Å². The van der Waals surface area contributed by atoms with Crippen molar-refractivity contribution >= 4 is 15.9 Å². The van der Waals surface area contributed by atoms with E-state index < -0.39 is 0 Å². The Bertz CT molecular complexity index is 333. The van der Waals surface area contributed by atoms with Crippen LogP contribution in [0.4, 0.5) is 0 Å². The first-order chi connectivity index (χ1) is 6.27. The van der Waals surface area contributed by atoms with Crippen LogP contribution in [0.2, 0.25) is 0 Å². The Kier molecular flexibility index (Phi) is 3.90. The van der Waals surface area contributed by atoms with Gasteiger partial charge in [0.05, 0.1) is 18.2 Å². The second-order valence-corrected chi connectivity index (χ2v) is 3.39. The average molecular weight is 241 g/mol. The topological polar surface area (TPSA) is 59.0 Å². The van der Waals surface area contributed by atoms with Crippen molar-refractivity contribution in [3.05, 3.63) is 33.8 Å². The first-order valence-electron chi connectivity index (χ1n) is 3.78. The van der Waals surface area contributed by atoms with Crippen LogP contribution in [0.25, 0.3) is 0 Å². The van der Waals surface area contributed by atoms with Gasteiger partial charge in [0.1, 0.15) is 0 Å². The number of hydrogen-bond acceptors (Lipinski definition) is 3. The van der Waals surface area contributed by atoms with Crippen LogP contribution in [-0.2, 0) is 11.3 Å². The molecule has 0 aromatic heterocycles. The van der Waals surface area contributed by atoms with Crippen LogP contribution in [-0.4, -0.2) is 6.61 Å². The molecule has 0 saturated heterocycles. The van der Waals surface area contributed by atoms with Gasteiger partial charge in [-0.3, -0.25) is 0 Å². The van der Waals surface area contributed by atoms with Crippen LogP contribution in [0.3, 0.4) is 0 Å². The summed E-state index contributed by atoms with van der Waals surface area (Å²) >= 11 is 3.38. The average Bonchev–Trinajstić information content (AvgIpc) is 2.17. The molecule has 3 nitrogen and oxygen atoms in total. The highest BCUT2D eigenvalue weighted by Crippen LogP contribution is 2.18. The lowest BCUT2D eigenvalue weighted by atomic mass is 10.1. The Labute approximate surface area is 85.2 Å². The van der Waals surface area contributed by atoms with Crippen molar-refractivity contribution in [2.75, 3.05) is 6.61 Å². The fourth-order valence-electron chi connectivity index (χ4n) is 1.00. The standard InChI is InChI=1S/C9H9BrN2O/c10-9-2-1-7(6-11)5-8(9)3-4-13-12/h1-2,5H,3-4,12H2. The Balaban J connectivity index is 2.85. The minimum Gasteiger partial charge on any atom is -0.304 e. The minimum atomic E-state index is 0.452. The lowest BCUT2D eigenvalue weighted by molar-refractivity contribution is 0.141. The maximum atomic E-state index is 8.66. The Hall–Kier alpha value is -0.890. The fourth-order valence-corrected chi connectivity index (χ4v) is 1.45. The summed E-state index contributed by atoms with van der Waals surface area (Å²) in [7, 11) is 0. The molecule has 0 amide bonds. The lowest BCUT2D eigenvalue weighted by Gasteiger charge is -2.03. The van der Waals surface area contributed by atoms with Crippen LogP contribution < -0.4 is 5.90 Å². The Morgan fingerprint density at radius 3 is 2.92 bits per heavy atom. The minimum absolute atomic E-state index is 0.452. The summed E-state index contributed by atoms with van der Waals surface area (Å²) in [6.07, 6.45) is 0.701. The normalized spacial score (nSPS) is 9.62. The Morgan fingerprint density at radius 2 is 2.31 bits per heavy atom. The molecular weight excluding hydrogens is 232 g/mol. The molecule has 0 heterocycles. The van der Waals surface area contributed by atoms with Gasteiger partial charge in [0.15, 0.2) is 0 Å². The zero-order valence-electron chi connectivity index (χ0n) is 6.96. The molecule has 0 aliphatic rings. The third-order valence-electron chi connectivity index (χ3n) is 1.66. The quantitative estimate of drug-likeness (QED) is 0.820. The summed E-state index contributed by atoms with van der Waals surface area (Å²) in [4.78, 5) is 4.47. The number of halogens is 1. The van der Waals surface area contributed by atoms with E-state index in [-0.39, 0.29) is 0 Å². The van der Waals surface area contributed by atoms with Gasteiger partial charge in [-0.2, -0.15) is 5.26 Å². The van der Waals surface area contributed by atoms with Gasteiger partial charge in [-0.25, -0.2) is 5.90 Å². The van der Waals surface area contributed by atoms with E-state index in [1.54, 1.807) is 6.07 Å². The second kappa shape index (κ2) is 4.97. The largest absolute Gasteiger partial charge is 0.304 e. The molecule has 13 heavy (non-hydrogen) atoms. The number of nitriles is 1. The highest BCUT2D eigenvalue weighted by atomic mass is 79.9. The predicted octanol–water partition coefficient (Wildman–Crippen LogP) is 1.75. The van der Waals surface area contributed by atoms with Crippen molar-refractivity contribution in [2.24, 2.45) is 5.90 Å². The van der Waals surface area contributed by atoms with Crippen LogP contribution in [0.1, 0.15) is 11.1 Å². The molecule has 0 fully saturated rings. The van der Waals surface area contributed by atoms with Gasteiger partial charge in [0, 0.05) is 4.47 Å². The monoisotopic (exact) mass is 240 g/mol. The van der Waals surface area contributed by atoms with E-state index in [0.29, 0.717) is 18.6 Å². The van der Waals surface area contributed by atoms with E-state index in [9.17, 15) is 0 Å². The third kappa shape index (κ3) is 2.81. The maximum Gasteiger partial charge on any atom is 0.0991 e. The van der Waals surface area contributed by atoms with Crippen LogP contribution in [0.15, 0.2) is 22.7 Å². The summed E-state index contributed by atoms with van der Waals surface area (Å²) in [5.41, 5.74) is 1.68. The third-order valence-corrected chi connectivity index (χ3v) is 2.44. The molecule has 0 aliphatic carbocycles. The predicted molar refractivity (Wildman–Crippen MR) is 52.7 cm³/mol. The van der Waals surface area contributed by atoms with Gasteiger partial charge in [-0.15, -0.1) is 0 Å². The summed E-state index contributed by atoms with van der Waals surface area (Å²) in [5.74, 6) is 4.92. The summed E-state index contributed by atoms with van der Waals surface area (Å²) in [5, 5.41) is 8.66. The fraction of sp³-hybridized carbons (Fsp3) is 0.222. The number of rotatable bonds is 3. The van der Waals surface area contributed by atoms with E-state index in [2.05, 4.69) is 26.8 Å². The molecule has 0 bridgehead atoms. The van der Waals surface area contributed by atoms with E-state index in [0.717, 1.165) is 10.0 Å². The molecule has 0 radical (unpaired) electrons. The molecule has 1 rings (SSSR count). The highest BCUT2D eigenvalue weighted by Gasteiger charge is 2.00. The SMILES string of the molecule is N#Cc1ccc(Br)c(CCON)c1. The van der Waals surface area contributed by atoms with Crippen molar-refractivity contribution in [3.8, 4) is 6.07 Å². The summed E-state index contributed by atoms with van der Waals surface area (Å²) in [6, 6.07) is 7.51. The molecular formula is C9H9BrN2O. The zero-order valence-corrected chi connectivity index (χ0v) is 8.54. The first-order valence-corrected chi connectivity index (χ1v) is 4.57. The van der Waals surface area contributed by atoms with Gasteiger partial charge < -0.3 is 4.84 Å². The molecule has 0 saturated carbocycles. The van der Waals surface area contributed by atoms with Gasteiger partial charge in [-0.05, 0) is 30.2 Å². The molecule has 68 valence electrons. The van der Waals surface area contributed by atoms with Crippen molar-refractivity contribution < 1.29 is 4.84 Å². The lowest BCUT2D eigenvalue weighted by Crippen LogP contribution is -2.04. The van der Waals surface area contributed by atoms with Crippen molar-refractivity contribution in [2.45, 2.75) is 6.42 Å². The van der Waals surface area contributed by atoms with Crippen molar-refractivity contribution in [3.63, 3.8) is 0 Å². The number of nitrogens with two attached hydrogens (primary N) is 1. The zero-order chi connectivity index (χ0) is 9.68. The van der Waals surface area contributed by atoms with Gasteiger partial charge >= 0.3 is 0 Å². The highest BCUT2D eigenvalue weighted by molar-refractivity contribution is 9.10. The molecule has 1 aromatic carbocycles. The van der Waals surface area contributed by atoms with E-state index in [4.69, 9.17) is 11.2 Å². The number of benzene rings is 1. The number of nitrogens with zero attached hydrogens (tertiary/aromatic N) is 1. The van der Waals surface area contributed by atoms with Crippen LogP contribution >= 0.6 is 15.9 Å². The maximum absolute atomic E-state index is 8.66. The molecule has 0 aliphatic heterocycles. The van der Waals surface area contributed by atoms with Gasteiger partial charge in [-0.1, -0.05) is 15.9 Å². The first kappa shape index (κ1) is 10.2. The van der Waals surface area contributed by atoms with Crippen molar-refractivity contribution in [1.82, 2.24) is 0 Å². The van der Waals surface area contributed by atoms with Crippen LogP contribution in [0, 0.1) is 11.3 Å². The van der Waals surface area contributed by atoms with Crippen molar-refractivity contribution in [1.29, 1.82) is 5.26 Å². The molecule has 0 unspecified atom stereocenters.